The van der Waals surface area contributed by atoms with Crippen LogP contribution in [0.3, 0.4) is 0 Å². The third kappa shape index (κ3) is 5.74. The third-order valence-electron chi connectivity index (χ3n) is 5.02. The number of nitrogens with one attached hydrogen (secondary N) is 2. The van der Waals surface area contributed by atoms with E-state index >= 15 is 0 Å². The molecular formula is C21H26N4O5S. The first-order valence-corrected chi connectivity index (χ1v) is 11.5. The second kappa shape index (κ2) is 9.36. The molecule has 1 saturated heterocycles. The lowest BCUT2D eigenvalue weighted by Crippen LogP contribution is -2.45. The molecule has 1 fully saturated rings. The Morgan fingerprint density at radius 1 is 1.23 bits per heavy atom. The zero-order chi connectivity index (χ0) is 22.6. The van der Waals surface area contributed by atoms with Gasteiger partial charge in [0.05, 0.1) is 19.9 Å². The predicted molar refractivity (Wildman–Crippen MR) is 117 cm³/mol. The Hall–Kier alpha value is -3.11. The average Bonchev–Trinajstić information content (AvgIpc) is 3.17. The second-order valence-corrected chi connectivity index (χ2v) is 9.27. The molecule has 1 aliphatic heterocycles. The van der Waals surface area contributed by atoms with Crippen molar-refractivity contribution in [3.05, 3.63) is 59.7 Å². The van der Waals surface area contributed by atoms with Crippen LogP contribution in [-0.4, -0.2) is 56.5 Å². The second-order valence-electron chi connectivity index (χ2n) is 7.33. The molecule has 0 aromatic heterocycles. The summed E-state index contributed by atoms with van der Waals surface area (Å²) in [5, 5.41) is 10.3. The van der Waals surface area contributed by atoms with Crippen molar-refractivity contribution in [3.63, 3.8) is 0 Å². The lowest BCUT2D eigenvalue weighted by molar-refractivity contribution is -0.124. The Balaban J connectivity index is 1.68. The first-order valence-electron chi connectivity index (χ1n) is 9.66. The summed E-state index contributed by atoms with van der Waals surface area (Å²) < 4.78 is 36.7. The highest BCUT2D eigenvalue weighted by atomic mass is 32.2. The molecule has 0 radical (unpaired) electrons. The van der Waals surface area contributed by atoms with Crippen LogP contribution in [0.1, 0.15) is 17.5 Å². The van der Waals surface area contributed by atoms with E-state index in [-0.39, 0.29) is 31.3 Å². The van der Waals surface area contributed by atoms with E-state index in [2.05, 4.69) is 5.32 Å². The summed E-state index contributed by atoms with van der Waals surface area (Å²) in [5.74, 6) is 0.698. The zero-order valence-corrected chi connectivity index (χ0v) is 18.2. The number of amides is 1. The molecule has 0 aliphatic carbocycles. The highest BCUT2D eigenvalue weighted by molar-refractivity contribution is 7.88. The minimum Gasteiger partial charge on any atom is -0.497 e. The Kier molecular flexibility index (Phi) is 6.81. The fraction of sp³-hybridized carbons (Fsp3) is 0.333. The molecule has 2 unspecified atom stereocenters. The van der Waals surface area contributed by atoms with Gasteiger partial charge in [-0.3, -0.25) is 10.2 Å². The normalized spacial score (nSPS) is 19.0. The van der Waals surface area contributed by atoms with Crippen LogP contribution >= 0.6 is 0 Å². The van der Waals surface area contributed by atoms with Gasteiger partial charge in [-0.15, -0.1) is 0 Å². The monoisotopic (exact) mass is 446 g/mol. The Labute approximate surface area is 181 Å². The van der Waals surface area contributed by atoms with Crippen LogP contribution < -0.4 is 20.5 Å². The van der Waals surface area contributed by atoms with E-state index < -0.39 is 22.2 Å². The van der Waals surface area contributed by atoms with E-state index in [1.54, 1.807) is 43.5 Å². The summed E-state index contributed by atoms with van der Waals surface area (Å²) in [7, 11) is -2.04. The number of methoxy groups -OCH3 is 1. The maximum atomic E-state index is 12.8. The van der Waals surface area contributed by atoms with Crippen molar-refractivity contribution in [2.24, 2.45) is 5.73 Å². The molecule has 10 heteroatoms. The van der Waals surface area contributed by atoms with Crippen LogP contribution in [-0.2, 0) is 21.4 Å². The number of carbonyl (C=O) groups is 1. The molecule has 3 rings (SSSR count). The topological polar surface area (TPSA) is 135 Å². The van der Waals surface area contributed by atoms with Crippen molar-refractivity contribution in [2.75, 3.05) is 19.9 Å². The fourth-order valence-electron chi connectivity index (χ4n) is 3.44. The lowest BCUT2D eigenvalue weighted by atomic mass is 10.1. The number of sulfonamides is 1. The number of ether oxygens (including phenoxy) is 2. The van der Waals surface area contributed by atoms with Crippen LogP contribution in [0.5, 0.6) is 11.5 Å². The molecule has 166 valence electrons. The van der Waals surface area contributed by atoms with Crippen molar-refractivity contribution < 1.29 is 22.7 Å². The number of rotatable bonds is 8. The Morgan fingerprint density at radius 3 is 2.55 bits per heavy atom. The number of carbonyl (C=O) groups excluding carboxylic acids is 1. The lowest BCUT2D eigenvalue weighted by Gasteiger charge is -2.20. The molecule has 9 nitrogen and oxygen atoms in total. The van der Waals surface area contributed by atoms with Gasteiger partial charge in [0, 0.05) is 18.5 Å². The fourth-order valence-corrected chi connectivity index (χ4v) is 4.52. The van der Waals surface area contributed by atoms with Crippen LogP contribution in [0.4, 0.5) is 0 Å². The van der Waals surface area contributed by atoms with Gasteiger partial charge in [0.15, 0.2) is 0 Å². The van der Waals surface area contributed by atoms with Crippen LogP contribution in [0, 0.1) is 5.41 Å². The molecule has 31 heavy (non-hydrogen) atoms. The van der Waals surface area contributed by atoms with E-state index in [0.717, 1.165) is 16.1 Å². The molecule has 2 atom stereocenters. The largest absolute Gasteiger partial charge is 0.497 e. The van der Waals surface area contributed by atoms with Gasteiger partial charge in [0.1, 0.15) is 29.5 Å². The molecule has 0 saturated carbocycles. The number of nitrogen functional groups attached to an aromatic ring is 1. The number of nitrogens with zero attached hydrogens (tertiary/aromatic N) is 1. The van der Waals surface area contributed by atoms with Gasteiger partial charge in [-0.1, -0.05) is 24.3 Å². The standard InChI is InChI=1S/C21H26N4O5S/c1-29-16-8-6-14(7-9-16)12-24-21(26)19-11-18(13-25(19)31(2,27)28)30-17-5-3-4-15(10-17)20(22)23/h3-10,18-19H,11-13H2,1-2H3,(H3,22,23)(H,24,26). The van der Waals surface area contributed by atoms with Crippen molar-refractivity contribution >= 4 is 21.8 Å². The minimum absolute atomic E-state index is 0.0593. The summed E-state index contributed by atoms with van der Waals surface area (Å²) >= 11 is 0. The van der Waals surface area contributed by atoms with E-state index in [4.69, 9.17) is 20.6 Å². The highest BCUT2D eigenvalue weighted by Gasteiger charge is 2.42. The van der Waals surface area contributed by atoms with Gasteiger partial charge >= 0.3 is 0 Å². The summed E-state index contributed by atoms with van der Waals surface area (Å²) in [4.78, 5) is 12.8. The predicted octanol–water partition coefficient (Wildman–Crippen LogP) is 1.08. The van der Waals surface area contributed by atoms with E-state index in [1.165, 1.54) is 0 Å². The molecule has 1 heterocycles. The first kappa shape index (κ1) is 22.6. The summed E-state index contributed by atoms with van der Waals surface area (Å²) in [6.45, 7) is 0.326. The minimum atomic E-state index is -3.61. The summed E-state index contributed by atoms with van der Waals surface area (Å²) in [5.41, 5.74) is 6.88. The van der Waals surface area contributed by atoms with Gasteiger partial charge in [0.2, 0.25) is 15.9 Å². The Morgan fingerprint density at radius 2 is 1.94 bits per heavy atom. The molecule has 4 N–H and O–H groups in total. The van der Waals surface area contributed by atoms with Crippen LogP contribution in [0.25, 0.3) is 0 Å². The van der Waals surface area contributed by atoms with Crippen LogP contribution in [0.15, 0.2) is 48.5 Å². The molecule has 1 aliphatic rings. The van der Waals surface area contributed by atoms with E-state index in [9.17, 15) is 13.2 Å². The molecule has 0 bridgehead atoms. The molecule has 1 amide bonds. The van der Waals surface area contributed by atoms with Gasteiger partial charge < -0.3 is 20.5 Å². The van der Waals surface area contributed by atoms with E-state index in [0.29, 0.717) is 17.1 Å². The number of nitrogens with two attached hydrogens (primary N) is 1. The average molecular weight is 447 g/mol. The molecule has 0 spiro atoms. The van der Waals surface area contributed by atoms with Gasteiger partial charge in [-0.2, -0.15) is 4.31 Å². The van der Waals surface area contributed by atoms with Crippen molar-refractivity contribution in [1.82, 2.24) is 9.62 Å². The number of benzene rings is 2. The number of amidine groups is 1. The molecule has 2 aromatic carbocycles. The van der Waals surface area contributed by atoms with Crippen molar-refractivity contribution in [3.8, 4) is 11.5 Å². The maximum Gasteiger partial charge on any atom is 0.238 e. The SMILES string of the molecule is COc1ccc(CNC(=O)C2CC(Oc3cccc(C(=N)N)c3)CN2S(C)(=O)=O)cc1. The van der Waals surface area contributed by atoms with Gasteiger partial charge in [-0.05, 0) is 29.8 Å². The third-order valence-corrected chi connectivity index (χ3v) is 6.28. The maximum absolute atomic E-state index is 12.8. The Bertz CT molecular complexity index is 1060. The first-order chi connectivity index (χ1) is 14.7. The van der Waals surface area contributed by atoms with Crippen molar-refractivity contribution in [1.29, 1.82) is 5.41 Å². The number of hydrogen-bond acceptors (Lipinski definition) is 6. The molecular weight excluding hydrogens is 420 g/mol. The molecule has 2 aromatic rings. The van der Waals surface area contributed by atoms with Crippen molar-refractivity contribution in [2.45, 2.75) is 25.1 Å². The summed E-state index contributed by atoms with van der Waals surface area (Å²) in [6.07, 6.45) is 0.787. The summed E-state index contributed by atoms with van der Waals surface area (Å²) in [6, 6.07) is 13.1. The number of hydrogen-bond donors (Lipinski definition) is 3. The van der Waals surface area contributed by atoms with Crippen LogP contribution in [0.2, 0.25) is 0 Å². The quantitative estimate of drug-likeness (QED) is 0.410. The smallest absolute Gasteiger partial charge is 0.238 e. The highest BCUT2D eigenvalue weighted by Crippen LogP contribution is 2.26. The van der Waals surface area contributed by atoms with Gasteiger partial charge in [0.25, 0.3) is 0 Å². The van der Waals surface area contributed by atoms with Gasteiger partial charge in [-0.25, -0.2) is 8.42 Å². The zero-order valence-electron chi connectivity index (χ0n) is 17.4. The van der Waals surface area contributed by atoms with E-state index in [1.807, 2.05) is 12.1 Å².